The lowest BCUT2D eigenvalue weighted by atomic mass is 10.0. The summed E-state index contributed by atoms with van der Waals surface area (Å²) < 4.78 is 15.8. The number of carbonyl (C=O) groups excluding carboxylic acids is 4. The Morgan fingerprint density at radius 2 is 1.82 bits per heavy atom. The van der Waals surface area contributed by atoms with Gasteiger partial charge in [-0.15, -0.1) is 0 Å². The highest BCUT2D eigenvalue weighted by molar-refractivity contribution is 7.99. The number of hydrogen-bond acceptors (Lipinski definition) is 9. The first-order chi connectivity index (χ1) is 17.9. The molecule has 0 aromatic heterocycles. The van der Waals surface area contributed by atoms with Gasteiger partial charge in [0.1, 0.15) is 29.5 Å². The Balaban J connectivity index is 2.36. The zero-order valence-electron chi connectivity index (χ0n) is 22.7. The van der Waals surface area contributed by atoms with Crippen molar-refractivity contribution in [2.75, 3.05) is 25.3 Å². The van der Waals surface area contributed by atoms with E-state index in [9.17, 15) is 19.2 Å². The van der Waals surface area contributed by atoms with Crippen molar-refractivity contribution in [2.24, 2.45) is 10.9 Å². The van der Waals surface area contributed by atoms with Crippen LogP contribution in [0.4, 0.5) is 4.79 Å². The number of alkyl carbamates (subject to hydrolysis) is 1. The number of esters is 1. The molecule has 3 N–H and O–H groups in total. The minimum Gasteiger partial charge on any atom is -0.471 e. The lowest BCUT2D eigenvalue weighted by Gasteiger charge is -2.27. The molecule has 11 nitrogen and oxygen atoms in total. The molecule has 1 aromatic carbocycles. The number of fused-ring (bicyclic) bond motifs is 15. The van der Waals surface area contributed by atoms with Crippen molar-refractivity contribution in [1.29, 1.82) is 0 Å². The van der Waals surface area contributed by atoms with E-state index in [-0.39, 0.29) is 24.8 Å². The molecule has 0 aliphatic carbocycles. The van der Waals surface area contributed by atoms with Crippen molar-refractivity contribution in [2.45, 2.75) is 64.8 Å². The summed E-state index contributed by atoms with van der Waals surface area (Å²) in [7, 11) is 1.24. The first kappa shape index (κ1) is 30.9. The van der Waals surface area contributed by atoms with Crippen LogP contribution in [0.25, 0.3) is 0 Å². The van der Waals surface area contributed by atoms with Crippen molar-refractivity contribution in [1.82, 2.24) is 16.0 Å². The lowest BCUT2D eigenvalue weighted by Crippen LogP contribution is -2.58. The van der Waals surface area contributed by atoms with Crippen LogP contribution in [0.3, 0.4) is 0 Å². The van der Waals surface area contributed by atoms with E-state index in [0.29, 0.717) is 11.5 Å². The van der Waals surface area contributed by atoms with Crippen LogP contribution in [0, 0.1) is 5.92 Å². The first-order valence-corrected chi connectivity index (χ1v) is 13.5. The number of nitrogens with one attached hydrogen (secondary N) is 3. The fourth-order valence-electron chi connectivity index (χ4n) is 3.43. The summed E-state index contributed by atoms with van der Waals surface area (Å²) >= 11 is 1.38. The molecule has 2 aliphatic heterocycles. The number of thioether (sulfide) groups is 1. The van der Waals surface area contributed by atoms with Crippen LogP contribution >= 0.6 is 11.8 Å². The molecule has 1 unspecified atom stereocenters. The number of carbonyl (C=O) groups is 4. The van der Waals surface area contributed by atoms with E-state index in [0.717, 1.165) is 5.56 Å². The molecule has 2 bridgehead atoms. The SMILES string of the molecule is COC(=O)[C@@H]1CSC/C=N/COc2ccc(cc2)C[C@H](NC(=O)OC(C)(C)C)C(=O)NC(C(C)C)C(=O)N1. The van der Waals surface area contributed by atoms with E-state index in [4.69, 9.17) is 14.2 Å². The molecule has 12 heteroatoms. The number of rotatable bonds is 3. The third-order valence-electron chi connectivity index (χ3n) is 5.33. The Kier molecular flexibility index (Phi) is 11.9. The summed E-state index contributed by atoms with van der Waals surface area (Å²) in [6.07, 6.45) is 1.05. The van der Waals surface area contributed by atoms with Gasteiger partial charge < -0.3 is 30.2 Å². The van der Waals surface area contributed by atoms with Crippen LogP contribution in [-0.4, -0.2) is 79.2 Å². The van der Waals surface area contributed by atoms with Crippen molar-refractivity contribution >= 4 is 41.9 Å². The minimum atomic E-state index is -1.04. The topological polar surface area (TPSA) is 144 Å². The average Bonchev–Trinajstić information content (AvgIpc) is 2.83. The van der Waals surface area contributed by atoms with Gasteiger partial charge in [0, 0.05) is 24.1 Å². The van der Waals surface area contributed by atoms with Crippen molar-refractivity contribution in [3.8, 4) is 5.75 Å². The zero-order valence-corrected chi connectivity index (χ0v) is 23.6. The van der Waals surface area contributed by atoms with Gasteiger partial charge in [-0.2, -0.15) is 11.8 Å². The normalized spacial score (nSPS) is 22.6. The smallest absolute Gasteiger partial charge is 0.408 e. The number of methoxy groups -OCH3 is 1. The predicted octanol–water partition coefficient (Wildman–Crippen LogP) is 2.07. The van der Waals surface area contributed by atoms with Gasteiger partial charge in [-0.3, -0.25) is 14.6 Å². The predicted molar refractivity (Wildman–Crippen MR) is 145 cm³/mol. The number of ether oxygens (including phenoxy) is 3. The molecular weight excluding hydrogens is 512 g/mol. The Bertz CT molecular complexity index is 992. The van der Waals surface area contributed by atoms with Gasteiger partial charge in [0.05, 0.1) is 7.11 Å². The summed E-state index contributed by atoms with van der Waals surface area (Å²) in [5, 5.41) is 8.04. The van der Waals surface area contributed by atoms with Crippen LogP contribution in [-0.2, 0) is 30.3 Å². The number of hydrogen-bond donors (Lipinski definition) is 3. The Hall–Kier alpha value is -3.28. The number of amides is 3. The van der Waals surface area contributed by atoms with E-state index in [1.54, 1.807) is 65.1 Å². The minimum absolute atomic E-state index is 0.109. The van der Waals surface area contributed by atoms with Gasteiger partial charge in [0.2, 0.25) is 11.8 Å². The molecule has 0 saturated heterocycles. The van der Waals surface area contributed by atoms with E-state index >= 15 is 0 Å². The molecule has 0 saturated carbocycles. The number of aliphatic imine (C=N–C) groups is 1. The fraction of sp³-hybridized carbons (Fsp3) is 0.577. The maximum atomic E-state index is 13.4. The molecule has 3 amide bonds. The zero-order chi connectivity index (χ0) is 28.3. The molecule has 3 atom stereocenters. The third-order valence-corrected chi connectivity index (χ3v) is 6.29. The molecule has 3 rings (SSSR count). The summed E-state index contributed by atoms with van der Waals surface area (Å²) in [5.74, 6) is -0.688. The van der Waals surface area contributed by atoms with Gasteiger partial charge >= 0.3 is 12.1 Å². The highest BCUT2D eigenvalue weighted by atomic mass is 32.2. The monoisotopic (exact) mass is 550 g/mol. The molecule has 2 heterocycles. The third kappa shape index (κ3) is 10.6. The summed E-state index contributed by atoms with van der Waals surface area (Å²) in [6.45, 7) is 8.81. The standard InChI is InChI=1S/C26H38N4O7S/c1-16(2)21-23(32)28-20(24(33)35-6)14-38-12-11-27-15-36-18-9-7-17(8-10-18)13-19(22(31)30-21)29-25(34)37-26(3,4)5/h7-11,16,19-21H,12-15H2,1-6H3,(H,28,32)(H,29,34)(H,30,31)/b27-11+/t19-,20-,21?/m0/s1. The molecule has 38 heavy (non-hydrogen) atoms. The second-order valence-electron chi connectivity index (χ2n) is 10.0. The number of nitrogens with zero attached hydrogens (tertiary/aromatic N) is 1. The molecule has 0 radical (unpaired) electrons. The van der Waals surface area contributed by atoms with Crippen molar-refractivity contribution < 1.29 is 33.4 Å². The van der Waals surface area contributed by atoms with Gasteiger partial charge in [0.15, 0.2) is 6.73 Å². The van der Waals surface area contributed by atoms with Gasteiger partial charge in [-0.05, 0) is 44.4 Å². The van der Waals surface area contributed by atoms with Crippen molar-refractivity contribution in [3.05, 3.63) is 29.8 Å². The van der Waals surface area contributed by atoms with Gasteiger partial charge in [0.25, 0.3) is 0 Å². The maximum absolute atomic E-state index is 13.4. The fourth-order valence-corrected chi connectivity index (χ4v) is 4.24. The quantitative estimate of drug-likeness (QED) is 0.485. The largest absolute Gasteiger partial charge is 0.471 e. The van der Waals surface area contributed by atoms with Crippen LogP contribution in [0.15, 0.2) is 29.3 Å². The molecule has 210 valence electrons. The Morgan fingerprint density at radius 1 is 1.13 bits per heavy atom. The van der Waals surface area contributed by atoms with Crippen LogP contribution < -0.4 is 20.7 Å². The van der Waals surface area contributed by atoms with Crippen LogP contribution in [0.2, 0.25) is 0 Å². The van der Waals surface area contributed by atoms with E-state index in [1.807, 2.05) is 0 Å². The van der Waals surface area contributed by atoms with Gasteiger partial charge in [-0.25, -0.2) is 9.59 Å². The summed E-state index contributed by atoms with van der Waals surface area (Å²) in [4.78, 5) is 55.6. The second-order valence-corrected chi connectivity index (χ2v) is 11.1. The average molecular weight is 551 g/mol. The number of benzene rings is 1. The van der Waals surface area contributed by atoms with Crippen molar-refractivity contribution in [3.63, 3.8) is 0 Å². The Labute approximate surface area is 227 Å². The van der Waals surface area contributed by atoms with E-state index in [2.05, 4.69) is 20.9 Å². The summed E-state index contributed by atoms with van der Waals surface area (Å²) in [6, 6.07) is 4.14. The van der Waals surface area contributed by atoms with E-state index < -0.39 is 47.6 Å². The highest BCUT2D eigenvalue weighted by Crippen LogP contribution is 2.15. The van der Waals surface area contributed by atoms with Gasteiger partial charge in [-0.1, -0.05) is 26.0 Å². The molecule has 2 aliphatic rings. The molecule has 0 fully saturated rings. The molecule has 1 aromatic rings. The summed E-state index contributed by atoms with van der Waals surface area (Å²) in [5.41, 5.74) is -0.0138. The van der Waals surface area contributed by atoms with Crippen LogP contribution in [0.1, 0.15) is 40.2 Å². The molecule has 0 spiro atoms. The first-order valence-electron chi connectivity index (χ1n) is 12.4. The van der Waals surface area contributed by atoms with E-state index in [1.165, 1.54) is 18.9 Å². The Morgan fingerprint density at radius 3 is 2.42 bits per heavy atom. The second kappa shape index (κ2) is 14.6. The van der Waals surface area contributed by atoms with Crippen LogP contribution in [0.5, 0.6) is 5.75 Å². The highest BCUT2D eigenvalue weighted by Gasteiger charge is 2.32. The lowest BCUT2D eigenvalue weighted by molar-refractivity contribution is -0.144. The molecular formula is C26H38N4O7S. The maximum Gasteiger partial charge on any atom is 0.408 e.